The predicted octanol–water partition coefficient (Wildman–Crippen LogP) is 4.29. The van der Waals surface area contributed by atoms with Crippen LogP contribution in [-0.2, 0) is 0 Å². The topological polar surface area (TPSA) is 54.9 Å². The molecule has 0 fully saturated rings. The monoisotopic (exact) mass is 493 g/mol. The summed E-state index contributed by atoms with van der Waals surface area (Å²) in [6, 6.07) is 3.99. The van der Waals surface area contributed by atoms with Gasteiger partial charge in [-0.1, -0.05) is 15.9 Å². The Labute approximate surface area is 151 Å². The van der Waals surface area contributed by atoms with Gasteiger partial charge >= 0.3 is 0 Å². The molecule has 0 saturated carbocycles. The highest BCUT2D eigenvalue weighted by atomic mass is 79.9. The summed E-state index contributed by atoms with van der Waals surface area (Å²) in [7, 11) is 0. The Hall–Kier alpha value is -0.440. The SMILES string of the molecule is O=C(NCCSc1c(Br)cc(Br)cc1Br)c1cncnc1. The van der Waals surface area contributed by atoms with Crippen LogP contribution in [0, 0.1) is 0 Å². The van der Waals surface area contributed by atoms with Gasteiger partial charge in [-0.3, -0.25) is 4.79 Å². The smallest absolute Gasteiger partial charge is 0.254 e. The standard InChI is InChI=1S/C13H10Br3N3OS/c14-9-3-10(15)12(11(16)4-9)21-2-1-19-13(20)8-5-17-7-18-6-8/h3-7H,1-2H2,(H,19,20). The van der Waals surface area contributed by atoms with E-state index in [0.717, 1.165) is 24.1 Å². The van der Waals surface area contributed by atoms with Crippen LogP contribution in [0.25, 0.3) is 0 Å². The van der Waals surface area contributed by atoms with Gasteiger partial charge < -0.3 is 5.32 Å². The van der Waals surface area contributed by atoms with Crippen molar-refractivity contribution in [2.24, 2.45) is 0 Å². The van der Waals surface area contributed by atoms with Crippen LogP contribution in [0.2, 0.25) is 0 Å². The highest BCUT2D eigenvalue weighted by Gasteiger charge is 2.08. The number of carbonyl (C=O) groups excluding carboxylic acids is 1. The van der Waals surface area contributed by atoms with Crippen molar-refractivity contribution < 1.29 is 4.79 Å². The molecule has 0 bridgehead atoms. The summed E-state index contributed by atoms with van der Waals surface area (Å²) >= 11 is 12.2. The molecule has 0 aliphatic carbocycles. The zero-order valence-corrected chi connectivity index (χ0v) is 16.2. The second kappa shape index (κ2) is 8.26. The highest BCUT2D eigenvalue weighted by molar-refractivity contribution is 9.11. The third-order valence-corrected chi connectivity index (χ3v) is 5.79. The van der Waals surface area contributed by atoms with E-state index in [4.69, 9.17) is 0 Å². The molecule has 0 saturated heterocycles. The van der Waals surface area contributed by atoms with Gasteiger partial charge in [-0.25, -0.2) is 9.97 Å². The first-order chi connectivity index (χ1) is 10.1. The van der Waals surface area contributed by atoms with Crippen LogP contribution in [0.3, 0.4) is 0 Å². The van der Waals surface area contributed by atoms with Gasteiger partial charge in [0, 0.05) is 43.0 Å². The molecule has 4 nitrogen and oxygen atoms in total. The molecule has 1 N–H and O–H groups in total. The van der Waals surface area contributed by atoms with Gasteiger partial charge in [-0.05, 0) is 44.0 Å². The fourth-order valence-corrected chi connectivity index (χ4v) is 5.25. The highest BCUT2D eigenvalue weighted by Crippen LogP contribution is 2.36. The first-order valence-electron chi connectivity index (χ1n) is 5.88. The van der Waals surface area contributed by atoms with Crippen molar-refractivity contribution in [3.63, 3.8) is 0 Å². The molecular weight excluding hydrogens is 486 g/mol. The van der Waals surface area contributed by atoms with Gasteiger partial charge in [0.1, 0.15) is 6.33 Å². The average molecular weight is 496 g/mol. The lowest BCUT2D eigenvalue weighted by Gasteiger charge is -2.09. The molecule has 1 aromatic heterocycles. The molecule has 8 heteroatoms. The first kappa shape index (κ1) is 16.9. The molecule has 1 aromatic carbocycles. The van der Waals surface area contributed by atoms with Crippen LogP contribution in [-0.4, -0.2) is 28.2 Å². The van der Waals surface area contributed by atoms with Crippen molar-refractivity contribution in [2.45, 2.75) is 4.90 Å². The number of carbonyl (C=O) groups is 1. The van der Waals surface area contributed by atoms with Gasteiger partial charge in [0.2, 0.25) is 0 Å². The van der Waals surface area contributed by atoms with Crippen LogP contribution >= 0.6 is 59.6 Å². The summed E-state index contributed by atoms with van der Waals surface area (Å²) < 4.78 is 3.02. The zero-order valence-electron chi connectivity index (χ0n) is 10.6. The minimum Gasteiger partial charge on any atom is -0.351 e. The van der Waals surface area contributed by atoms with Crippen molar-refractivity contribution >= 4 is 65.5 Å². The number of rotatable bonds is 5. The molecule has 0 atom stereocenters. The molecule has 0 aliphatic rings. The molecule has 0 spiro atoms. The lowest BCUT2D eigenvalue weighted by molar-refractivity contribution is 0.0955. The van der Waals surface area contributed by atoms with E-state index in [1.54, 1.807) is 11.8 Å². The molecule has 1 amide bonds. The van der Waals surface area contributed by atoms with Gasteiger partial charge in [0.25, 0.3) is 5.91 Å². The van der Waals surface area contributed by atoms with Crippen molar-refractivity contribution in [1.82, 2.24) is 15.3 Å². The van der Waals surface area contributed by atoms with E-state index in [9.17, 15) is 4.79 Å². The molecule has 21 heavy (non-hydrogen) atoms. The maximum absolute atomic E-state index is 11.8. The van der Waals surface area contributed by atoms with E-state index < -0.39 is 0 Å². The van der Waals surface area contributed by atoms with Crippen LogP contribution in [0.15, 0.2) is 49.2 Å². The van der Waals surface area contributed by atoms with E-state index in [-0.39, 0.29) is 5.91 Å². The Kier molecular flexibility index (Phi) is 6.66. The van der Waals surface area contributed by atoms with E-state index in [1.165, 1.54) is 18.7 Å². The Morgan fingerprint density at radius 1 is 1.14 bits per heavy atom. The van der Waals surface area contributed by atoms with Crippen LogP contribution in [0.5, 0.6) is 0 Å². The molecule has 2 rings (SSSR count). The van der Waals surface area contributed by atoms with Crippen molar-refractivity contribution in [1.29, 1.82) is 0 Å². The Balaban J connectivity index is 1.84. The van der Waals surface area contributed by atoms with Crippen LogP contribution in [0.4, 0.5) is 0 Å². The number of nitrogens with zero attached hydrogens (tertiary/aromatic N) is 2. The fraction of sp³-hybridized carbons (Fsp3) is 0.154. The maximum Gasteiger partial charge on any atom is 0.254 e. The number of thioether (sulfide) groups is 1. The predicted molar refractivity (Wildman–Crippen MR) is 94.6 cm³/mol. The Bertz CT molecular complexity index is 617. The third kappa shape index (κ3) is 5.05. The van der Waals surface area contributed by atoms with Gasteiger partial charge in [0.05, 0.1) is 5.56 Å². The van der Waals surface area contributed by atoms with Gasteiger partial charge in [0.15, 0.2) is 0 Å². The summed E-state index contributed by atoms with van der Waals surface area (Å²) in [5.74, 6) is 0.600. The summed E-state index contributed by atoms with van der Waals surface area (Å²) in [4.78, 5) is 20.6. The van der Waals surface area contributed by atoms with Crippen LogP contribution in [0.1, 0.15) is 10.4 Å². The second-order valence-electron chi connectivity index (χ2n) is 3.93. The molecule has 2 aromatic rings. The summed E-state index contributed by atoms with van der Waals surface area (Å²) in [6.07, 6.45) is 4.39. The molecule has 0 aliphatic heterocycles. The number of amides is 1. The van der Waals surface area contributed by atoms with Crippen molar-refractivity contribution in [3.8, 4) is 0 Å². The number of hydrogen-bond acceptors (Lipinski definition) is 4. The molecule has 110 valence electrons. The molecule has 0 radical (unpaired) electrons. The summed E-state index contributed by atoms with van der Waals surface area (Å²) in [6.45, 7) is 0.563. The number of hydrogen-bond donors (Lipinski definition) is 1. The Morgan fingerprint density at radius 2 is 1.76 bits per heavy atom. The van der Waals surface area contributed by atoms with E-state index >= 15 is 0 Å². The van der Waals surface area contributed by atoms with E-state index in [2.05, 4.69) is 63.1 Å². The van der Waals surface area contributed by atoms with Crippen molar-refractivity contribution in [2.75, 3.05) is 12.3 Å². The number of halogens is 3. The molecule has 0 unspecified atom stereocenters. The molecular formula is C13H10Br3N3OS. The average Bonchev–Trinajstić information content (AvgIpc) is 2.46. The second-order valence-corrected chi connectivity index (χ2v) is 7.66. The lowest BCUT2D eigenvalue weighted by Crippen LogP contribution is -2.25. The number of benzene rings is 1. The zero-order chi connectivity index (χ0) is 15.2. The molecule has 1 heterocycles. The van der Waals surface area contributed by atoms with E-state index in [0.29, 0.717) is 12.1 Å². The van der Waals surface area contributed by atoms with Crippen LogP contribution < -0.4 is 5.32 Å². The maximum atomic E-state index is 11.8. The third-order valence-electron chi connectivity index (χ3n) is 2.42. The van der Waals surface area contributed by atoms with Gasteiger partial charge in [-0.15, -0.1) is 11.8 Å². The largest absolute Gasteiger partial charge is 0.351 e. The number of aromatic nitrogens is 2. The fourth-order valence-electron chi connectivity index (χ4n) is 1.50. The minimum atomic E-state index is -0.162. The van der Waals surface area contributed by atoms with Crippen molar-refractivity contribution in [3.05, 3.63) is 49.8 Å². The summed E-state index contributed by atoms with van der Waals surface area (Å²) in [5.41, 5.74) is 0.466. The first-order valence-corrected chi connectivity index (χ1v) is 9.25. The number of nitrogens with one attached hydrogen (secondary N) is 1. The minimum absolute atomic E-state index is 0.162. The van der Waals surface area contributed by atoms with E-state index in [1.807, 2.05) is 12.1 Å². The summed E-state index contributed by atoms with van der Waals surface area (Å²) in [5, 5.41) is 2.84. The Morgan fingerprint density at radius 3 is 2.38 bits per heavy atom. The lowest BCUT2D eigenvalue weighted by atomic mass is 10.3. The normalized spacial score (nSPS) is 10.4. The van der Waals surface area contributed by atoms with Gasteiger partial charge in [-0.2, -0.15) is 0 Å². The quantitative estimate of drug-likeness (QED) is 0.497.